The number of benzene rings is 1. The number of carbonyl (C=O) groups is 2. The number of aliphatic carboxylic acids is 1. The molecule has 20 heavy (non-hydrogen) atoms. The number of likely N-dealkylation sites (tertiary alicyclic amines) is 1. The summed E-state index contributed by atoms with van der Waals surface area (Å²) in [5.74, 6) is -0.482. The van der Waals surface area contributed by atoms with Crippen LogP contribution in [0.4, 0.5) is 0 Å². The van der Waals surface area contributed by atoms with E-state index in [1.165, 1.54) is 0 Å². The molecule has 0 radical (unpaired) electrons. The number of piperidine rings is 1. The fourth-order valence-electron chi connectivity index (χ4n) is 2.59. The zero-order valence-corrected chi connectivity index (χ0v) is 12.0. The Labute approximate surface area is 123 Å². The average molecular weight is 296 g/mol. The van der Waals surface area contributed by atoms with Gasteiger partial charge in [-0.1, -0.05) is 11.6 Å². The number of carboxylic acid groups (broad SMARTS) is 1. The third-order valence-corrected chi connectivity index (χ3v) is 3.92. The Bertz CT molecular complexity index is 486. The minimum atomic E-state index is -0.772. The van der Waals surface area contributed by atoms with Crippen LogP contribution in [0.3, 0.4) is 0 Å². The molecule has 1 aromatic carbocycles. The molecule has 0 bridgehead atoms. The third-order valence-electron chi connectivity index (χ3n) is 3.66. The standard InChI is InChI=1S/C15H18ClNO3/c16-13-6-4-12(5-7-13)15(20)17-9-1-2-11(10-17)3-8-14(18)19/h4-7,11H,1-3,8-10H2,(H,18,19)/t11-/m1/s1. The highest BCUT2D eigenvalue weighted by Gasteiger charge is 2.24. The summed E-state index contributed by atoms with van der Waals surface area (Å²) in [5.41, 5.74) is 0.633. The van der Waals surface area contributed by atoms with E-state index in [9.17, 15) is 9.59 Å². The summed E-state index contributed by atoms with van der Waals surface area (Å²) in [4.78, 5) is 24.8. The van der Waals surface area contributed by atoms with Crippen molar-refractivity contribution in [3.05, 3.63) is 34.9 Å². The normalized spacial score (nSPS) is 18.9. The maximum atomic E-state index is 12.4. The summed E-state index contributed by atoms with van der Waals surface area (Å²) in [6, 6.07) is 6.87. The summed E-state index contributed by atoms with van der Waals surface area (Å²) in [5, 5.41) is 9.34. The Balaban J connectivity index is 1.96. The molecule has 1 fully saturated rings. The number of hydrogen-bond acceptors (Lipinski definition) is 2. The highest BCUT2D eigenvalue weighted by molar-refractivity contribution is 6.30. The number of rotatable bonds is 4. The summed E-state index contributed by atoms with van der Waals surface area (Å²) >= 11 is 5.82. The zero-order valence-electron chi connectivity index (χ0n) is 11.2. The average Bonchev–Trinajstić information content (AvgIpc) is 2.45. The first-order valence-corrected chi connectivity index (χ1v) is 7.20. The first-order valence-electron chi connectivity index (χ1n) is 6.83. The van der Waals surface area contributed by atoms with Crippen molar-refractivity contribution in [1.29, 1.82) is 0 Å². The predicted molar refractivity (Wildman–Crippen MR) is 76.9 cm³/mol. The van der Waals surface area contributed by atoms with Gasteiger partial charge in [0.15, 0.2) is 0 Å². The number of carbonyl (C=O) groups excluding carboxylic acids is 1. The Morgan fingerprint density at radius 2 is 2.00 bits per heavy atom. The molecule has 108 valence electrons. The molecule has 1 aliphatic heterocycles. The van der Waals surface area contributed by atoms with Crippen LogP contribution < -0.4 is 0 Å². The van der Waals surface area contributed by atoms with Gasteiger partial charge in [-0.15, -0.1) is 0 Å². The quantitative estimate of drug-likeness (QED) is 0.929. The van der Waals surface area contributed by atoms with Crippen LogP contribution in [0.5, 0.6) is 0 Å². The predicted octanol–water partition coefficient (Wildman–Crippen LogP) is 3.06. The lowest BCUT2D eigenvalue weighted by Crippen LogP contribution is -2.40. The first-order chi connectivity index (χ1) is 9.56. The molecule has 0 saturated carbocycles. The lowest BCUT2D eigenvalue weighted by atomic mass is 9.93. The van der Waals surface area contributed by atoms with E-state index in [1.54, 1.807) is 24.3 Å². The van der Waals surface area contributed by atoms with Crippen molar-refractivity contribution in [3.63, 3.8) is 0 Å². The van der Waals surface area contributed by atoms with E-state index >= 15 is 0 Å². The molecule has 0 spiro atoms. The second kappa shape index (κ2) is 6.75. The van der Waals surface area contributed by atoms with E-state index < -0.39 is 5.97 Å². The van der Waals surface area contributed by atoms with Crippen LogP contribution in [0.2, 0.25) is 5.02 Å². The van der Waals surface area contributed by atoms with Gasteiger partial charge in [-0.2, -0.15) is 0 Å². The van der Waals surface area contributed by atoms with E-state index in [0.717, 1.165) is 19.4 Å². The van der Waals surface area contributed by atoms with Crippen molar-refractivity contribution in [2.75, 3.05) is 13.1 Å². The molecule has 1 saturated heterocycles. The van der Waals surface area contributed by atoms with Gasteiger partial charge in [-0.25, -0.2) is 0 Å². The number of hydrogen-bond donors (Lipinski definition) is 1. The lowest BCUT2D eigenvalue weighted by Gasteiger charge is -2.32. The molecule has 1 N–H and O–H groups in total. The third kappa shape index (κ3) is 3.97. The molecule has 1 amide bonds. The van der Waals surface area contributed by atoms with Crippen LogP contribution in [-0.4, -0.2) is 35.0 Å². The van der Waals surface area contributed by atoms with Gasteiger partial charge in [-0.3, -0.25) is 9.59 Å². The molecule has 2 rings (SSSR count). The number of nitrogens with zero attached hydrogens (tertiary/aromatic N) is 1. The van der Waals surface area contributed by atoms with Gasteiger partial charge in [0.25, 0.3) is 5.91 Å². The number of amides is 1. The molecule has 0 aromatic heterocycles. The first kappa shape index (κ1) is 14.9. The van der Waals surface area contributed by atoms with Crippen molar-refractivity contribution in [1.82, 2.24) is 4.90 Å². The number of carboxylic acids is 1. The van der Waals surface area contributed by atoms with E-state index in [2.05, 4.69) is 0 Å². The van der Waals surface area contributed by atoms with E-state index in [1.807, 2.05) is 4.90 Å². The molecule has 5 heteroatoms. The SMILES string of the molecule is O=C(O)CC[C@H]1CCCN(C(=O)c2ccc(Cl)cc2)C1. The Morgan fingerprint density at radius 1 is 1.30 bits per heavy atom. The van der Waals surface area contributed by atoms with Crippen molar-refractivity contribution in [3.8, 4) is 0 Å². The van der Waals surface area contributed by atoms with E-state index in [4.69, 9.17) is 16.7 Å². The Kier molecular flexibility index (Phi) is 5.01. The zero-order chi connectivity index (χ0) is 14.5. The maximum Gasteiger partial charge on any atom is 0.303 e. The van der Waals surface area contributed by atoms with Crippen LogP contribution in [0.1, 0.15) is 36.0 Å². The van der Waals surface area contributed by atoms with Gasteiger partial charge in [0.2, 0.25) is 0 Å². The van der Waals surface area contributed by atoms with Gasteiger partial charge in [0.1, 0.15) is 0 Å². The Hall–Kier alpha value is -1.55. The van der Waals surface area contributed by atoms with Gasteiger partial charge >= 0.3 is 5.97 Å². The van der Waals surface area contributed by atoms with Crippen molar-refractivity contribution in [2.24, 2.45) is 5.92 Å². The Morgan fingerprint density at radius 3 is 2.65 bits per heavy atom. The molecule has 1 heterocycles. The second-order valence-corrected chi connectivity index (χ2v) is 5.64. The molecule has 4 nitrogen and oxygen atoms in total. The summed E-state index contributed by atoms with van der Waals surface area (Å²) in [7, 11) is 0. The molecule has 0 aliphatic carbocycles. The van der Waals surface area contributed by atoms with E-state index in [0.29, 0.717) is 23.6 Å². The minimum Gasteiger partial charge on any atom is -0.481 e. The topological polar surface area (TPSA) is 57.6 Å². The molecule has 0 unspecified atom stereocenters. The highest BCUT2D eigenvalue weighted by atomic mass is 35.5. The minimum absolute atomic E-state index is 0.00157. The van der Waals surface area contributed by atoms with Crippen molar-refractivity contribution < 1.29 is 14.7 Å². The fraction of sp³-hybridized carbons (Fsp3) is 0.467. The smallest absolute Gasteiger partial charge is 0.303 e. The highest BCUT2D eigenvalue weighted by Crippen LogP contribution is 2.22. The van der Waals surface area contributed by atoms with Crippen LogP contribution in [0.15, 0.2) is 24.3 Å². The number of halogens is 1. The van der Waals surface area contributed by atoms with Gasteiger partial charge < -0.3 is 10.0 Å². The van der Waals surface area contributed by atoms with Gasteiger partial charge in [0, 0.05) is 30.1 Å². The molecule has 1 atom stereocenters. The lowest BCUT2D eigenvalue weighted by molar-refractivity contribution is -0.137. The maximum absolute atomic E-state index is 12.4. The summed E-state index contributed by atoms with van der Waals surface area (Å²) in [6.45, 7) is 1.39. The van der Waals surface area contributed by atoms with E-state index in [-0.39, 0.29) is 18.2 Å². The summed E-state index contributed by atoms with van der Waals surface area (Å²) in [6.07, 6.45) is 2.74. The van der Waals surface area contributed by atoms with Crippen LogP contribution in [0, 0.1) is 5.92 Å². The van der Waals surface area contributed by atoms with Gasteiger partial charge in [-0.05, 0) is 49.4 Å². The second-order valence-electron chi connectivity index (χ2n) is 5.20. The molecule has 1 aromatic rings. The van der Waals surface area contributed by atoms with Gasteiger partial charge in [0.05, 0.1) is 0 Å². The summed E-state index contributed by atoms with van der Waals surface area (Å²) < 4.78 is 0. The van der Waals surface area contributed by atoms with Crippen LogP contribution in [-0.2, 0) is 4.79 Å². The van der Waals surface area contributed by atoms with Crippen molar-refractivity contribution in [2.45, 2.75) is 25.7 Å². The van der Waals surface area contributed by atoms with Crippen molar-refractivity contribution >= 4 is 23.5 Å². The molecule has 1 aliphatic rings. The molecular formula is C15H18ClNO3. The molecular weight excluding hydrogens is 278 g/mol. The fourth-order valence-corrected chi connectivity index (χ4v) is 2.71. The monoisotopic (exact) mass is 295 g/mol. The van der Waals surface area contributed by atoms with Crippen LogP contribution >= 0.6 is 11.6 Å². The largest absolute Gasteiger partial charge is 0.481 e. The van der Waals surface area contributed by atoms with Crippen LogP contribution in [0.25, 0.3) is 0 Å².